The largest absolute Gasteiger partial charge is 0.497 e. The highest BCUT2D eigenvalue weighted by atomic mass is 32.2. The van der Waals surface area contributed by atoms with Gasteiger partial charge in [0, 0.05) is 29.7 Å². The highest BCUT2D eigenvalue weighted by Gasteiger charge is 2.16. The molecule has 0 saturated carbocycles. The Bertz CT molecular complexity index is 850. The van der Waals surface area contributed by atoms with Gasteiger partial charge in [0.15, 0.2) is 0 Å². The van der Waals surface area contributed by atoms with E-state index in [1.807, 2.05) is 36.6 Å². The van der Waals surface area contributed by atoms with E-state index >= 15 is 0 Å². The van der Waals surface area contributed by atoms with Crippen LogP contribution >= 0.6 is 23.3 Å². The maximum absolute atomic E-state index is 12.7. The summed E-state index contributed by atoms with van der Waals surface area (Å²) in [5.41, 5.74) is 1.91. The topological polar surface area (TPSA) is 43.3 Å². The number of nitrogens with zero attached hydrogens (tertiary/aromatic N) is 1. The number of nitrogens with one attached hydrogen (secondary N) is 1. The normalized spacial score (nSPS) is 11.1. The van der Waals surface area contributed by atoms with Crippen LogP contribution in [0.4, 0.5) is 0 Å². The second-order valence-corrected chi connectivity index (χ2v) is 7.19. The summed E-state index contributed by atoms with van der Waals surface area (Å²) >= 11 is 3.18. The summed E-state index contributed by atoms with van der Waals surface area (Å²) in [5.74, 6) is 0.816. The Balaban J connectivity index is 1.88. The monoisotopic (exact) mass is 360 g/mol. The van der Waals surface area contributed by atoms with Gasteiger partial charge in [-0.1, -0.05) is 11.9 Å². The lowest BCUT2D eigenvalue weighted by molar-refractivity contribution is 0.104. The molecular formula is C18H20N2O2S2. The molecule has 3 rings (SSSR count). The lowest BCUT2D eigenvalue weighted by atomic mass is 10.1. The lowest BCUT2D eigenvalue weighted by Crippen LogP contribution is -2.13. The van der Waals surface area contributed by atoms with Crippen LogP contribution in [0.2, 0.25) is 0 Å². The third kappa shape index (κ3) is 3.36. The predicted octanol–water partition coefficient (Wildman–Crippen LogP) is 4.12. The van der Waals surface area contributed by atoms with Crippen molar-refractivity contribution in [1.82, 2.24) is 9.29 Å². The molecule has 4 nitrogen and oxygen atoms in total. The number of methoxy groups -OCH3 is 1. The smallest absolute Gasteiger partial charge is 0.203 e. The van der Waals surface area contributed by atoms with Crippen molar-refractivity contribution in [2.45, 2.75) is 13.5 Å². The zero-order valence-corrected chi connectivity index (χ0v) is 15.6. The van der Waals surface area contributed by atoms with Crippen molar-refractivity contribution in [3.8, 4) is 5.75 Å². The van der Waals surface area contributed by atoms with E-state index in [1.54, 1.807) is 30.4 Å². The molecule has 0 radical (unpaired) electrons. The summed E-state index contributed by atoms with van der Waals surface area (Å²) in [5, 5.41) is 1.14. The molecule has 0 aliphatic rings. The van der Waals surface area contributed by atoms with Crippen molar-refractivity contribution in [3.63, 3.8) is 0 Å². The standard InChI is InChI=1S/C18H20N2O2S2/c1-12-10-14-11-16(24-18(14)20(12)9-8-19-23-3)17(21)13-4-6-15(22-2)7-5-13/h4-7,10-11,19H,8-9H2,1-3H3. The first-order chi connectivity index (χ1) is 11.6. The van der Waals surface area contributed by atoms with Crippen molar-refractivity contribution < 1.29 is 9.53 Å². The number of hydrogen-bond acceptors (Lipinski definition) is 5. The van der Waals surface area contributed by atoms with Crippen LogP contribution < -0.4 is 9.46 Å². The van der Waals surface area contributed by atoms with E-state index in [1.165, 1.54) is 5.69 Å². The summed E-state index contributed by atoms with van der Waals surface area (Å²) in [4.78, 5) is 14.6. The van der Waals surface area contributed by atoms with Crippen LogP contribution in [0.5, 0.6) is 5.75 Å². The maximum Gasteiger partial charge on any atom is 0.203 e. The Morgan fingerprint density at radius 1 is 1.29 bits per heavy atom. The van der Waals surface area contributed by atoms with E-state index in [4.69, 9.17) is 4.74 Å². The minimum atomic E-state index is 0.0605. The summed E-state index contributed by atoms with van der Waals surface area (Å²) in [6.45, 7) is 3.90. The van der Waals surface area contributed by atoms with Gasteiger partial charge in [-0.05, 0) is 49.6 Å². The first-order valence-corrected chi connectivity index (χ1v) is 9.72. The molecule has 6 heteroatoms. The van der Waals surface area contributed by atoms with Gasteiger partial charge in [0.2, 0.25) is 5.78 Å². The summed E-state index contributed by atoms with van der Waals surface area (Å²) in [6, 6.07) is 11.4. The number of aromatic nitrogens is 1. The number of ether oxygens (including phenoxy) is 1. The number of aryl methyl sites for hydroxylation is 1. The van der Waals surface area contributed by atoms with Crippen molar-refractivity contribution in [1.29, 1.82) is 0 Å². The van der Waals surface area contributed by atoms with Gasteiger partial charge < -0.3 is 9.30 Å². The zero-order valence-electron chi connectivity index (χ0n) is 14.0. The molecule has 24 heavy (non-hydrogen) atoms. The van der Waals surface area contributed by atoms with Crippen LogP contribution in [0.15, 0.2) is 36.4 Å². The van der Waals surface area contributed by atoms with Gasteiger partial charge in [0.25, 0.3) is 0 Å². The fourth-order valence-corrected chi connectivity index (χ4v) is 4.19. The van der Waals surface area contributed by atoms with Crippen LogP contribution in [0.25, 0.3) is 10.2 Å². The number of fused-ring (bicyclic) bond motifs is 1. The molecule has 0 aliphatic carbocycles. The van der Waals surface area contributed by atoms with Gasteiger partial charge in [0.05, 0.1) is 12.0 Å². The molecule has 0 spiro atoms. The first-order valence-electron chi connectivity index (χ1n) is 7.68. The number of benzene rings is 1. The third-order valence-electron chi connectivity index (χ3n) is 3.93. The summed E-state index contributed by atoms with van der Waals surface area (Å²) in [7, 11) is 1.62. The number of carbonyl (C=O) groups excluding carboxylic acids is 1. The highest BCUT2D eigenvalue weighted by Crippen LogP contribution is 2.30. The average molecular weight is 361 g/mol. The van der Waals surface area contributed by atoms with Gasteiger partial charge >= 0.3 is 0 Å². The fraction of sp³-hybridized carbons (Fsp3) is 0.278. The van der Waals surface area contributed by atoms with Crippen LogP contribution in [0, 0.1) is 6.92 Å². The second-order valence-electron chi connectivity index (χ2n) is 5.46. The SMILES string of the molecule is COc1ccc(C(=O)c2cc3cc(C)n(CCNSC)c3s2)cc1. The molecule has 2 heterocycles. The molecule has 0 fully saturated rings. The van der Waals surface area contributed by atoms with E-state index < -0.39 is 0 Å². The molecule has 0 unspecified atom stereocenters. The molecule has 0 atom stereocenters. The molecule has 0 saturated heterocycles. The van der Waals surface area contributed by atoms with Gasteiger partial charge in [-0.2, -0.15) is 0 Å². The Kier molecular flexibility index (Phi) is 5.28. The predicted molar refractivity (Wildman–Crippen MR) is 102 cm³/mol. The number of thiophene rings is 1. The summed E-state index contributed by atoms with van der Waals surface area (Å²) in [6.07, 6.45) is 2.02. The van der Waals surface area contributed by atoms with E-state index in [-0.39, 0.29) is 5.78 Å². The molecule has 0 bridgehead atoms. The van der Waals surface area contributed by atoms with Crippen LogP contribution in [0.1, 0.15) is 20.9 Å². The first kappa shape index (κ1) is 17.1. The van der Waals surface area contributed by atoms with Crippen LogP contribution in [0.3, 0.4) is 0 Å². The van der Waals surface area contributed by atoms with E-state index in [0.29, 0.717) is 5.56 Å². The van der Waals surface area contributed by atoms with Crippen LogP contribution in [-0.4, -0.2) is 30.3 Å². The Hall–Kier alpha value is -1.76. The Morgan fingerprint density at radius 3 is 2.71 bits per heavy atom. The number of ketones is 1. The maximum atomic E-state index is 12.7. The molecule has 1 aromatic carbocycles. The van der Waals surface area contributed by atoms with Crippen molar-refractivity contribution in [2.24, 2.45) is 0 Å². The van der Waals surface area contributed by atoms with E-state index in [0.717, 1.165) is 33.9 Å². The minimum absolute atomic E-state index is 0.0605. The van der Waals surface area contributed by atoms with E-state index in [2.05, 4.69) is 22.3 Å². The zero-order chi connectivity index (χ0) is 17.1. The van der Waals surface area contributed by atoms with Crippen molar-refractivity contribution in [2.75, 3.05) is 19.9 Å². The highest BCUT2D eigenvalue weighted by molar-refractivity contribution is 7.96. The molecule has 126 valence electrons. The van der Waals surface area contributed by atoms with Gasteiger partial charge in [-0.3, -0.25) is 9.52 Å². The number of hydrogen-bond donors (Lipinski definition) is 1. The second kappa shape index (κ2) is 7.42. The Labute approximate surface area is 150 Å². The fourth-order valence-electron chi connectivity index (χ4n) is 2.71. The molecule has 0 amide bonds. The molecule has 2 aromatic heterocycles. The molecule has 1 N–H and O–H groups in total. The van der Waals surface area contributed by atoms with Gasteiger partial charge in [-0.15, -0.1) is 11.3 Å². The molecular weight excluding hydrogens is 340 g/mol. The van der Waals surface area contributed by atoms with Gasteiger partial charge in [-0.25, -0.2) is 0 Å². The quantitative estimate of drug-likeness (QED) is 0.391. The van der Waals surface area contributed by atoms with Gasteiger partial charge in [0.1, 0.15) is 10.6 Å². The minimum Gasteiger partial charge on any atom is -0.497 e. The van der Waals surface area contributed by atoms with Crippen molar-refractivity contribution in [3.05, 3.63) is 52.5 Å². The van der Waals surface area contributed by atoms with Crippen molar-refractivity contribution >= 4 is 39.3 Å². The van der Waals surface area contributed by atoms with E-state index in [9.17, 15) is 4.79 Å². The molecule has 3 aromatic rings. The number of rotatable bonds is 7. The Morgan fingerprint density at radius 2 is 2.04 bits per heavy atom. The average Bonchev–Trinajstić information content (AvgIpc) is 3.13. The lowest BCUT2D eigenvalue weighted by Gasteiger charge is -2.07. The van der Waals surface area contributed by atoms with Crippen LogP contribution in [-0.2, 0) is 6.54 Å². The third-order valence-corrected chi connectivity index (χ3v) is 5.60. The summed E-state index contributed by atoms with van der Waals surface area (Å²) < 4.78 is 10.7. The molecule has 0 aliphatic heterocycles. The number of carbonyl (C=O) groups is 1.